The zero-order valence-electron chi connectivity index (χ0n) is 10.4. The van der Waals surface area contributed by atoms with Gasteiger partial charge in [0.15, 0.2) is 6.67 Å². The van der Waals surface area contributed by atoms with Gasteiger partial charge in [-0.25, -0.2) is 9.37 Å². The lowest BCUT2D eigenvalue weighted by Gasteiger charge is -2.16. The van der Waals surface area contributed by atoms with Gasteiger partial charge in [0.25, 0.3) is 0 Å². The van der Waals surface area contributed by atoms with E-state index in [9.17, 15) is 13.2 Å². The van der Waals surface area contributed by atoms with E-state index in [1.807, 2.05) is 0 Å². The van der Waals surface area contributed by atoms with Crippen LogP contribution in [0.2, 0.25) is 0 Å². The number of hydrogen-bond acceptors (Lipinski definition) is 5. The molecule has 10 heteroatoms. The van der Waals surface area contributed by atoms with Crippen LogP contribution in [0.4, 0.5) is 13.2 Å². The number of halogens is 3. The van der Waals surface area contributed by atoms with Gasteiger partial charge in [-0.1, -0.05) is 0 Å². The van der Waals surface area contributed by atoms with Gasteiger partial charge < -0.3 is 4.98 Å². The number of nitrogens with zero attached hydrogens (tertiary/aromatic N) is 5. The summed E-state index contributed by atoms with van der Waals surface area (Å²) in [5, 5.41) is 13.1. The molecule has 0 bridgehead atoms. The van der Waals surface area contributed by atoms with Crippen molar-refractivity contribution in [2.24, 2.45) is 0 Å². The number of pyridine rings is 1. The molecule has 0 saturated heterocycles. The van der Waals surface area contributed by atoms with Crippen molar-refractivity contribution in [1.29, 1.82) is 0 Å². The summed E-state index contributed by atoms with van der Waals surface area (Å²) in [6.07, 6.45) is 3.86. The molecule has 0 aromatic carbocycles. The molecule has 3 aromatic rings. The normalized spacial score (nSPS) is 11.8. The highest BCUT2D eigenvalue weighted by Gasteiger charge is 2.38. The Morgan fingerprint density at radius 2 is 2.10 bits per heavy atom. The van der Waals surface area contributed by atoms with Crippen molar-refractivity contribution in [3.63, 3.8) is 0 Å². The predicted molar refractivity (Wildman–Crippen MR) is 64.9 cm³/mol. The molecule has 3 heterocycles. The zero-order chi connectivity index (χ0) is 14.9. The van der Waals surface area contributed by atoms with Gasteiger partial charge in [-0.15, -0.1) is 10.2 Å². The van der Waals surface area contributed by atoms with Crippen molar-refractivity contribution >= 4 is 0 Å². The van der Waals surface area contributed by atoms with Gasteiger partial charge in [0.1, 0.15) is 5.69 Å². The third-order valence-corrected chi connectivity index (χ3v) is 2.81. The topological polar surface area (TPSA) is 96.0 Å². The molecule has 0 saturated carbocycles. The van der Waals surface area contributed by atoms with Crippen LogP contribution in [0.5, 0.6) is 0 Å². The highest BCUT2D eigenvalue weighted by molar-refractivity contribution is 5.80. The fourth-order valence-electron chi connectivity index (χ4n) is 1.92. The molecule has 0 fully saturated rings. The molecular weight excluding hydrogens is 287 g/mol. The van der Waals surface area contributed by atoms with Gasteiger partial charge in [0.05, 0.1) is 12.0 Å². The smallest absolute Gasteiger partial charge is 0.318 e. The number of imidazole rings is 1. The van der Waals surface area contributed by atoms with Crippen LogP contribution in [0.3, 0.4) is 0 Å². The summed E-state index contributed by atoms with van der Waals surface area (Å²) in [7, 11) is 0. The van der Waals surface area contributed by atoms with Crippen LogP contribution in [0.1, 0.15) is 5.69 Å². The molecular formula is C11H8F3N7. The number of alkyl halides is 3. The van der Waals surface area contributed by atoms with Gasteiger partial charge in [0, 0.05) is 23.5 Å². The summed E-state index contributed by atoms with van der Waals surface area (Å²) in [5.41, 5.74) is -0.345. The maximum Gasteiger partial charge on any atom is 0.318 e. The monoisotopic (exact) mass is 295 g/mol. The Kier molecular flexibility index (Phi) is 3.12. The van der Waals surface area contributed by atoms with Crippen molar-refractivity contribution in [2.75, 3.05) is 6.67 Å². The van der Waals surface area contributed by atoms with E-state index in [0.717, 1.165) is 6.20 Å². The number of hydrogen-bond donors (Lipinski definition) is 2. The predicted octanol–water partition coefficient (Wildman–Crippen LogP) is 1.71. The Balaban J connectivity index is 2.30. The van der Waals surface area contributed by atoms with Gasteiger partial charge in [-0.3, -0.25) is 4.98 Å². The first-order valence-electron chi connectivity index (χ1n) is 5.79. The maximum absolute atomic E-state index is 13.8. The Morgan fingerprint density at radius 1 is 1.24 bits per heavy atom. The molecule has 0 amide bonds. The fourth-order valence-corrected chi connectivity index (χ4v) is 1.92. The number of aromatic amines is 2. The fraction of sp³-hybridized carbons (Fsp3) is 0.182. The molecule has 7 nitrogen and oxygen atoms in total. The standard InChI is InChI=1S/C11H8F3N7/c12-4-11(13,14)9-8(7-3-15-5-17-7)6(1-2-16-9)10-18-20-21-19-10/h1-3,5H,4H2,(H,15,17)(H,18,19,20,21). The summed E-state index contributed by atoms with van der Waals surface area (Å²) in [5.74, 6) is -3.65. The van der Waals surface area contributed by atoms with E-state index in [-0.39, 0.29) is 22.6 Å². The first kappa shape index (κ1) is 13.2. The highest BCUT2D eigenvalue weighted by Crippen LogP contribution is 2.38. The molecule has 0 spiro atoms. The van der Waals surface area contributed by atoms with Gasteiger partial charge in [-0.2, -0.15) is 14.0 Å². The van der Waals surface area contributed by atoms with Crippen molar-refractivity contribution < 1.29 is 13.2 Å². The van der Waals surface area contributed by atoms with Crippen LogP contribution in [0, 0.1) is 0 Å². The molecule has 0 atom stereocenters. The highest BCUT2D eigenvalue weighted by atomic mass is 19.3. The minimum atomic E-state index is -3.74. The Hall–Kier alpha value is -2.78. The summed E-state index contributed by atoms with van der Waals surface area (Å²) in [4.78, 5) is 10.2. The van der Waals surface area contributed by atoms with E-state index < -0.39 is 18.3 Å². The molecule has 0 radical (unpaired) electrons. The average Bonchev–Trinajstić information content (AvgIpc) is 3.19. The third-order valence-electron chi connectivity index (χ3n) is 2.81. The van der Waals surface area contributed by atoms with E-state index in [0.29, 0.717) is 0 Å². The molecule has 0 aliphatic carbocycles. The summed E-state index contributed by atoms with van der Waals surface area (Å²) in [6, 6.07) is 1.44. The van der Waals surface area contributed by atoms with Gasteiger partial charge >= 0.3 is 5.92 Å². The first-order chi connectivity index (χ1) is 10.1. The quantitative estimate of drug-likeness (QED) is 0.764. The lowest BCUT2D eigenvalue weighted by molar-refractivity contribution is -0.0315. The number of H-pyrrole nitrogens is 2. The Morgan fingerprint density at radius 3 is 2.71 bits per heavy atom. The van der Waals surface area contributed by atoms with Crippen LogP contribution in [0.25, 0.3) is 22.6 Å². The number of nitrogens with one attached hydrogen (secondary N) is 2. The van der Waals surface area contributed by atoms with Crippen LogP contribution in [-0.2, 0) is 5.92 Å². The van der Waals surface area contributed by atoms with Crippen molar-refractivity contribution in [3.8, 4) is 22.6 Å². The molecule has 0 aliphatic rings. The maximum atomic E-state index is 13.8. The number of rotatable bonds is 4. The summed E-state index contributed by atoms with van der Waals surface area (Å²) >= 11 is 0. The molecule has 3 aromatic heterocycles. The van der Waals surface area contributed by atoms with Crippen LogP contribution >= 0.6 is 0 Å². The summed E-state index contributed by atoms with van der Waals surface area (Å²) in [6.45, 7) is -1.87. The Labute approximate surface area is 115 Å². The second-order valence-corrected chi connectivity index (χ2v) is 4.11. The van der Waals surface area contributed by atoms with Crippen LogP contribution in [-0.4, -0.2) is 42.3 Å². The van der Waals surface area contributed by atoms with E-state index >= 15 is 0 Å². The van der Waals surface area contributed by atoms with E-state index in [4.69, 9.17) is 0 Å². The van der Waals surface area contributed by atoms with Crippen LogP contribution in [0.15, 0.2) is 24.8 Å². The molecule has 0 unspecified atom stereocenters. The SMILES string of the molecule is FCC(F)(F)c1nccc(-c2nn[nH]n2)c1-c1c[nH]cn1. The molecule has 3 rings (SSSR count). The van der Waals surface area contributed by atoms with Crippen molar-refractivity contribution in [2.45, 2.75) is 5.92 Å². The lowest BCUT2D eigenvalue weighted by Crippen LogP contribution is -2.19. The molecule has 0 aliphatic heterocycles. The second-order valence-electron chi connectivity index (χ2n) is 4.11. The van der Waals surface area contributed by atoms with Crippen molar-refractivity contribution in [3.05, 3.63) is 30.5 Å². The molecule has 108 valence electrons. The lowest BCUT2D eigenvalue weighted by atomic mass is 10.00. The zero-order valence-corrected chi connectivity index (χ0v) is 10.4. The number of tetrazole rings is 1. The van der Waals surface area contributed by atoms with Gasteiger partial charge in [-0.05, 0) is 11.3 Å². The van der Waals surface area contributed by atoms with E-state index in [1.54, 1.807) is 0 Å². The molecule has 21 heavy (non-hydrogen) atoms. The van der Waals surface area contributed by atoms with Crippen molar-refractivity contribution in [1.82, 2.24) is 35.6 Å². The largest absolute Gasteiger partial charge is 0.351 e. The van der Waals surface area contributed by atoms with E-state index in [2.05, 4.69) is 35.6 Å². The average molecular weight is 295 g/mol. The van der Waals surface area contributed by atoms with E-state index in [1.165, 1.54) is 18.6 Å². The minimum absolute atomic E-state index is 0.0391. The third kappa shape index (κ3) is 2.24. The van der Waals surface area contributed by atoms with Gasteiger partial charge in [0.2, 0.25) is 5.82 Å². The van der Waals surface area contributed by atoms with Crippen LogP contribution < -0.4 is 0 Å². The Bertz CT molecular complexity index is 724. The first-order valence-corrected chi connectivity index (χ1v) is 5.79. The second kappa shape index (κ2) is 4.96. The summed E-state index contributed by atoms with van der Waals surface area (Å²) < 4.78 is 40.3. The minimum Gasteiger partial charge on any atom is -0.351 e. The molecule has 2 N–H and O–H groups in total. The number of aromatic nitrogens is 7.